The summed E-state index contributed by atoms with van der Waals surface area (Å²) in [7, 11) is 0. The molecule has 0 aliphatic heterocycles. The topological polar surface area (TPSA) is 76.7 Å². The van der Waals surface area contributed by atoms with E-state index >= 15 is 0 Å². The van der Waals surface area contributed by atoms with Crippen molar-refractivity contribution in [1.82, 2.24) is 15.0 Å². The first kappa shape index (κ1) is 15.6. The molecule has 23 heavy (non-hydrogen) atoms. The Hall–Kier alpha value is -2.24. The molecule has 6 heteroatoms. The van der Waals surface area contributed by atoms with Gasteiger partial charge in [-0.25, -0.2) is 4.39 Å². The number of hydrogen-bond donors (Lipinski definition) is 2. The first-order valence-corrected chi connectivity index (χ1v) is 7.81. The van der Waals surface area contributed by atoms with Gasteiger partial charge in [0, 0.05) is 0 Å². The van der Waals surface area contributed by atoms with Crippen molar-refractivity contribution in [3.63, 3.8) is 0 Å². The van der Waals surface area contributed by atoms with E-state index < -0.39 is 5.67 Å². The van der Waals surface area contributed by atoms with Gasteiger partial charge >= 0.3 is 0 Å². The molecule has 1 aliphatic carbocycles. The molecule has 1 aliphatic rings. The molecule has 1 aromatic carbocycles. The van der Waals surface area contributed by atoms with E-state index in [0.29, 0.717) is 5.95 Å². The van der Waals surface area contributed by atoms with Gasteiger partial charge in [0.1, 0.15) is 0 Å². The lowest BCUT2D eigenvalue weighted by Crippen LogP contribution is -2.19. The number of fused-ring (bicyclic) bond motifs is 1. The Morgan fingerprint density at radius 3 is 2.65 bits per heavy atom. The third-order valence-electron chi connectivity index (χ3n) is 4.20. The zero-order valence-electron chi connectivity index (χ0n) is 13.9. The number of nitrogens with one attached hydrogen (secondary N) is 1. The Morgan fingerprint density at radius 2 is 1.96 bits per heavy atom. The van der Waals surface area contributed by atoms with Crippen LogP contribution in [0.15, 0.2) is 12.1 Å². The Balaban J connectivity index is 1.92. The van der Waals surface area contributed by atoms with Crippen molar-refractivity contribution in [2.24, 2.45) is 0 Å². The van der Waals surface area contributed by atoms with Crippen LogP contribution in [0.2, 0.25) is 0 Å². The number of anilines is 2. The summed E-state index contributed by atoms with van der Waals surface area (Å²) in [5, 5.41) is 3.30. The summed E-state index contributed by atoms with van der Waals surface area (Å²) in [6, 6.07) is 4.50. The van der Waals surface area contributed by atoms with Crippen molar-refractivity contribution in [2.75, 3.05) is 11.1 Å². The summed E-state index contributed by atoms with van der Waals surface area (Å²) in [5.41, 5.74) is 9.23. The molecule has 3 N–H and O–H groups in total. The number of nitrogen functional groups attached to an aromatic ring is 1. The lowest BCUT2D eigenvalue weighted by atomic mass is 10.00. The van der Waals surface area contributed by atoms with Crippen LogP contribution in [0.4, 0.5) is 16.3 Å². The van der Waals surface area contributed by atoms with Crippen molar-refractivity contribution in [1.29, 1.82) is 0 Å². The van der Waals surface area contributed by atoms with Gasteiger partial charge in [-0.1, -0.05) is 17.7 Å². The van der Waals surface area contributed by atoms with Crippen molar-refractivity contribution >= 4 is 11.9 Å². The van der Waals surface area contributed by atoms with Gasteiger partial charge in [-0.3, -0.25) is 0 Å². The fourth-order valence-corrected chi connectivity index (χ4v) is 3.16. The number of aromatic nitrogens is 3. The van der Waals surface area contributed by atoms with Crippen LogP contribution in [0.5, 0.6) is 0 Å². The van der Waals surface area contributed by atoms with E-state index in [0.717, 1.165) is 12.8 Å². The maximum Gasteiger partial charge on any atom is 0.228 e. The quantitative estimate of drug-likeness (QED) is 0.908. The first-order chi connectivity index (χ1) is 10.7. The van der Waals surface area contributed by atoms with E-state index in [4.69, 9.17) is 5.73 Å². The second-order valence-corrected chi connectivity index (χ2v) is 6.70. The van der Waals surface area contributed by atoms with Gasteiger partial charge in [-0.2, -0.15) is 15.0 Å². The van der Waals surface area contributed by atoms with Crippen LogP contribution in [0.1, 0.15) is 54.4 Å². The molecular weight excluding hydrogens is 293 g/mol. The van der Waals surface area contributed by atoms with Gasteiger partial charge in [-0.15, -0.1) is 0 Å². The summed E-state index contributed by atoms with van der Waals surface area (Å²) in [4.78, 5) is 12.2. The van der Waals surface area contributed by atoms with E-state index in [9.17, 15) is 4.39 Å². The Kier molecular flexibility index (Phi) is 3.70. The molecule has 1 aromatic heterocycles. The normalized spacial score (nSPS) is 17.2. The monoisotopic (exact) mass is 315 g/mol. The highest BCUT2D eigenvalue weighted by Gasteiger charge is 2.27. The van der Waals surface area contributed by atoms with E-state index in [1.165, 1.54) is 36.1 Å². The summed E-state index contributed by atoms with van der Waals surface area (Å²) >= 11 is 0. The Bertz CT molecular complexity index is 751. The maximum absolute atomic E-state index is 14.1. The van der Waals surface area contributed by atoms with E-state index in [-0.39, 0.29) is 17.8 Å². The van der Waals surface area contributed by atoms with Crippen LogP contribution in [0.25, 0.3) is 0 Å². The van der Waals surface area contributed by atoms with Gasteiger partial charge < -0.3 is 11.1 Å². The van der Waals surface area contributed by atoms with Crippen LogP contribution in [-0.2, 0) is 12.1 Å². The fourth-order valence-electron chi connectivity index (χ4n) is 3.16. The molecule has 0 fully saturated rings. The second-order valence-electron chi connectivity index (χ2n) is 6.70. The van der Waals surface area contributed by atoms with Crippen molar-refractivity contribution in [3.05, 3.63) is 40.2 Å². The van der Waals surface area contributed by atoms with Gasteiger partial charge in [0.05, 0.1) is 6.04 Å². The third-order valence-corrected chi connectivity index (χ3v) is 4.20. The summed E-state index contributed by atoms with van der Waals surface area (Å²) in [6.45, 7) is 7.04. The lowest BCUT2D eigenvalue weighted by Gasteiger charge is -2.18. The molecule has 3 rings (SSSR count). The number of benzene rings is 1. The van der Waals surface area contributed by atoms with Crippen LogP contribution >= 0.6 is 0 Å². The molecule has 0 saturated carbocycles. The Morgan fingerprint density at radius 1 is 1.22 bits per heavy atom. The summed E-state index contributed by atoms with van der Waals surface area (Å²) < 4.78 is 14.1. The average Bonchev–Trinajstić information content (AvgIpc) is 2.80. The molecule has 0 bridgehead atoms. The van der Waals surface area contributed by atoms with Gasteiger partial charge in [0.15, 0.2) is 11.5 Å². The number of halogens is 1. The van der Waals surface area contributed by atoms with Gasteiger partial charge in [0.2, 0.25) is 11.9 Å². The molecule has 0 saturated heterocycles. The van der Waals surface area contributed by atoms with Gasteiger partial charge in [0.25, 0.3) is 0 Å². The molecule has 0 radical (unpaired) electrons. The Labute approximate surface area is 135 Å². The largest absolute Gasteiger partial charge is 0.368 e. The zero-order valence-corrected chi connectivity index (χ0v) is 13.9. The van der Waals surface area contributed by atoms with Crippen LogP contribution in [0.3, 0.4) is 0 Å². The minimum atomic E-state index is -1.66. The maximum atomic E-state index is 14.1. The average molecular weight is 315 g/mol. The number of rotatable bonds is 3. The van der Waals surface area contributed by atoms with E-state index in [1.807, 2.05) is 0 Å². The fraction of sp³-hybridized carbons (Fsp3) is 0.471. The number of aryl methyl sites for hydroxylation is 2. The first-order valence-electron chi connectivity index (χ1n) is 7.81. The minimum Gasteiger partial charge on any atom is -0.368 e. The number of nitrogens with two attached hydrogens (primary N) is 1. The molecule has 1 heterocycles. The minimum absolute atomic E-state index is 0.0295. The van der Waals surface area contributed by atoms with Crippen molar-refractivity contribution in [2.45, 2.75) is 52.2 Å². The predicted molar refractivity (Wildman–Crippen MR) is 89.0 cm³/mol. The number of alkyl halides is 1. The smallest absolute Gasteiger partial charge is 0.228 e. The summed E-state index contributed by atoms with van der Waals surface area (Å²) in [6.07, 6.45) is 1.97. The SMILES string of the molecule is Cc1cc(C)c2c(c1)[C@@H](Nc1nc(N)nc(C(C)(C)F)n1)CC2. The molecular formula is C17H22FN5. The standard InChI is InChI=1S/C17H22FN5/c1-9-7-10(2)11-5-6-13(12(11)8-9)20-16-22-14(17(3,4)18)21-15(19)23-16/h7-8,13H,5-6H2,1-4H3,(H3,19,20,21,22,23)/t13-/m0/s1. The number of hydrogen-bond acceptors (Lipinski definition) is 5. The molecule has 122 valence electrons. The molecule has 0 amide bonds. The second kappa shape index (κ2) is 5.44. The molecule has 0 unspecified atom stereocenters. The van der Waals surface area contributed by atoms with Gasteiger partial charge in [-0.05, 0) is 57.2 Å². The molecule has 5 nitrogen and oxygen atoms in total. The summed E-state index contributed by atoms with van der Waals surface area (Å²) in [5.74, 6) is 0.406. The predicted octanol–water partition coefficient (Wildman–Crippen LogP) is 3.37. The zero-order chi connectivity index (χ0) is 16.8. The lowest BCUT2D eigenvalue weighted by molar-refractivity contribution is 0.206. The van der Waals surface area contributed by atoms with Crippen LogP contribution < -0.4 is 11.1 Å². The molecule has 2 aromatic rings. The molecule has 0 spiro atoms. The highest BCUT2D eigenvalue weighted by atomic mass is 19.1. The van der Waals surface area contributed by atoms with Crippen molar-refractivity contribution < 1.29 is 4.39 Å². The van der Waals surface area contributed by atoms with E-state index in [2.05, 4.69) is 46.2 Å². The highest BCUT2D eigenvalue weighted by Crippen LogP contribution is 2.36. The van der Waals surface area contributed by atoms with Crippen molar-refractivity contribution in [3.8, 4) is 0 Å². The molecule has 1 atom stereocenters. The van der Waals surface area contributed by atoms with E-state index in [1.54, 1.807) is 0 Å². The highest BCUT2D eigenvalue weighted by molar-refractivity contribution is 5.47. The number of nitrogens with zero attached hydrogens (tertiary/aromatic N) is 3. The van der Waals surface area contributed by atoms with Crippen LogP contribution in [0, 0.1) is 13.8 Å². The van der Waals surface area contributed by atoms with Crippen LogP contribution in [-0.4, -0.2) is 15.0 Å². The third kappa shape index (κ3) is 3.11.